The Kier molecular flexibility index (Phi) is 3.90. The zero-order valence-corrected chi connectivity index (χ0v) is 10.5. The van der Waals surface area contributed by atoms with E-state index < -0.39 is 22.8 Å². The average molecular weight is 252 g/mol. The molecule has 6 nitrogen and oxygen atoms in total. The van der Waals surface area contributed by atoms with Crippen molar-refractivity contribution < 1.29 is 14.7 Å². The summed E-state index contributed by atoms with van der Waals surface area (Å²) in [6.45, 7) is 4.74. The Morgan fingerprint density at radius 3 is 2.56 bits per heavy atom. The second-order valence-electron chi connectivity index (χ2n) is 4.34. The predicted molar refractivity (Wildman–Crippen MR) is 65.6 cm³/mol. The largest absolute Gasteiger partial charge is 0.480 e. The zero-order valence-electron chi connectivity index (χ0n) is 10.5. The number of carboxylic acid groups (broad SMARTS) is 1. The van der Waals surface area contributed by atoms with Gasteiger partial charge < -0.3 is 15.4 Å². The maximum Gasteiger partial charge on any atom is 0.329 e. The second kappa shape index (κ2) is 5.03. The Morgan fingerprint density at radius 2 is 2.11 bits per heavy atom. The fourth-order valence-electron chi connectivity index (χ4n) is 1.36. The predicted octanol–water partition coefficient (Wildman–Crippen LogP) is 0.666. The van der Waals surface area contributed by atoms with Crippen molar-refractivity contribution in [2.24, 2.45) is 0 Å². The van der Waals surface area contributed by atoms with Crippen molar-refractivity contribution in [1.82, 2.24) is 10.3 Å². The third-order valence-electron chi connectivity index (χ3n) is 2.87. The van der Waals surface area contributed by atoms with Gasteiger partial charge in [0.2, 0.25) is 0 Å². The SMILES string of the molecule is CCC(C)(NC(=O)c1c[nH]c(C)cc1=O)C(=O)O. The van der Waals surface area contributed by atoms with Crippen molar-refractivity contribution >= 4 is 11.9 Å². The lowest BCUT2D eigenvalue weighted by atomic mass is 9.98. The molecule has 1 aromatic rings. The minimum atomic E-state index is -1.38. The number of hydrogen-bond donors (Lipinski definition) is 3. The van der Waals surface area contributed by atoms with Crippen molar-refractivity contribution in [3.8, 4) is 0 Å². The number of aromatic nitrogens is 1. The maximum atomic E-state index is 11.9. The van der Waals surface area contributed by atoms with E-state index in [0.717, 1.165) is 0 Å². The molecule has 1 atom stereocenters. The Hall–Kier alpha value is -2.11. The van der Waals surface area contributed by atoms with E-state index >= 15 is 0 Å². The molecule has 0 spiro atoms. The number of carbonyl (C=O) groups excluding carboxylic acids is 1. The molecular weight excluding hydrogens is 236 g/mol. The standard InChI is InChI=1S/C12H16N2O4/c1-4-12(3,11(17)18)14-10(16)8-6-13-7(2)5-9(8)15/h5-6H,4H2,1-3H3,(H,13,15)(H,14,16)(H,17,18). The molecule has 3 N–H and O–H groups in total. The van der Waals surface area contributed by atoms with Gasteiger partial charge in [0.15, 0.2) is 5.43 Å². The van der Waals surface area contributed by atoms with Gasteiger partial charge in [0.25, 0.3) is 5.91 Å². The smallest absolute Gasteiger partial charge is 0.329 e. The molecule has 98 valence electrons. The Balaban J connectivity index is 3.02. The second-order valence-corrected chi connectivity index (χ2v) is 4.34. The van der Waals surface area contributed by atoms with Gasteiger partial charge in [0.1, 0.15) is 11.1 Å². The van der Waals surface area contributed by atoms with E-state index in [9.17, 15) is 14.4 Å². The van der Waals surface area contributed by atoms with E-state index in [4.69, 9.17) is 5.11 Å². The average Bonchev–Trinajstić information content (AvgIpc) is 2.28. The van der Waals surface area contributed by atoms with Crippen LogP contribution >= 0.6 is 0 Å². The molecule has 0 fully saturated rings. The molecule has 1 unspecified atom stereocenters. The number of carboxylic acids is 1. The van der Waals surface area contributed by atoms with Gasteiger partial charge in [-0.1, -0.05) is 6.92 Å². The summed E-state index contributed by atoms with van der Waals surface area (Å²) in [5, 5.41) is 11.4. The minimum absolute atomic E-state index is 0.0958. The number of pyridine rings is 1. The lowest BCUT2D eigenvalue weighted by Gasteiger charge is -2.24. The number of aromatic amines is 1. The number of aliphatic carboxylic acids is 1. The van der Waals surface area contributed by atoms with Crippen LogP contribution in [0, 0.1) is 6.92 Å². The quantitative estimate of drug-likeness (QED) is 0.733. The van der Waals surface area contributed by atoms with Crippen LogP contribution in [-0.2, 0) is 4.79 Å². The summed E-state index contributed by atoms with van der Waals surface area (Å²) in [4.78, 5) is 37.3. The van der Waals surface area contributed by atoms with E-state index in [-0.39, 0.29) is 12.0 Å². The Labute approximate surface area is 104 Å². The topological polar surface area (TPSA) is 99.3 Å². The van der Waals surface area contributed by atoms with Crippen molar-refractivity contribution in [1.29, 1.82) is 0 Å². The number of carbonyl (C=O) groups is 2. The molecule has 0 radical (unpaired) electrons. The molecule has 0 aromatic carbocycles. The van der Waals surface area contributed by atoms with Crippen LogP contribution < -0.4 is 10.7 Å². The first-order valence-corrected chi connectivity index (χ1v) is 5.55. The minimum Gasteiger partial charge on any atom is -0.480 e. The van der Waals surface area contributed by atoms with Crippen LogP contribution in [0.2, 0.25) is 0 Å². The molecule has 0 bridgehead atoms. The molecule has 1 rings (SSSR count). The van der Waals surface area contributed by atoms with Gasteiger partial charge in [-0.3, -0.25) is 9.59 Å². The van der Waals surface area contributed by atoms with Crippen molar-refractivity contribution in [3.05, 3.63) is 33.7 Å². The van der Waals surface area contributed by atoms with Crippen LogP contribution in [0.25, 0.3) is 0 Å². The van der Waals surface area contributed by atoms with Gasteiger partial charge in [0, 0.05) is 18.0 Å². The molecule has 0 saturated carbocycles. The molecule has 0 aliphatic heterocycles. The fourth-order valence-corrected chi connectivity index (χ4v) is 1.36. The van der Waals surface area contributed by atoms with Gasteiger partial charge in [-0.05, 0) is 20.3 Å². The summed E-state index contributed by atoms with van der Waals surface area (Å²) >= 11 is 0. The van der Waals surface area contributed by atoms with Crippen molar-refractivity contribution in [2.45, 2.75) is 32.7 Å². The highest BCUT2D eigenvalue weighted by Crippen LogP contribution is 2.10. The highest BCUT2D eigenvalue weighted by Gasteiger charge is 2.33. The van der Waals surface area contributed by atoms with Crippen LogP contribution in [-0.4, -0.2) is 27.5 Å². The monoisotopic (exact) mass is 252 g/mol. The highest BCUT2D eigenvalue weighted by molar-refractivity contribution is 5.97. The Morgan fingerprint density at radius 1 is 1.50 bits per heavy atom. The Bertz CT molecular complexity index is 535. The molecule has 18 heavy (non-hydrogen) atoms. The van der Waals surface area contributed by atoms with E-state index in [0.29, 0.717) is 5.69 Å². The van der Waals surface area contributed by atoms with Gasteiger partial charge in [-0.2, -0.15) is 0 Å². The molecule has 1 aromatic heterocycles. The summed E-state index contributed by atoms with van der Waals surface area (Å²) in [7, 11) is 0. The summed E-state index contributed by atoms with van der Waals surface area (Å²) in [6.07, 6.45) is 1.50. The number of rotatable bonds is 4. The van der Waals surface area contributed by atoms with E-state index in [2.05, 4.69) is 10.3 Å². The van der Waals surface area contributed by atoms with Crippen LogP contribution in [0.15, 0.2) is 17.1 Å². The van der Waals surface area contributed by atoms with E-state index in [1.165, 1.54) is 19.2 Å². The van der Waals surface area contributed by atoms with Crippen LogP contribution in [0.1, 0.15) is 36.3 Å². The first-order chi connectivity index (χ1) is 8.30. The normalized spacial score (nSPS) is 13.7. The fraction of sp³-hybridized carbons (Fsp3) is 0.417. The van der Waals surface area contributed by atoms with Gasteiger partial charge in [-0.25, -0.2) is 4.79 Å². The van der Waals surface area contributed by atoms with Gasteiger partial charge >= 0.3 is 5.97 Å². The first-order valence-electron chi connectivity index (χ1n) is 5.55. The number of aryl methyl sites for hydroxylation is 1. The number of nitrogens with one attached hydrogen (secondary N) is 2. The third-order valence-corrected chi connectivity index (χ3v) is 2.87. The maximum absolute atomic E-state index is 11.9. The van der Waals surface area contributed by atoms with Crippen LogP contribution in [0.4, 0.5) is 0 Å². The van der Waals surface area contributed by atoms with Crippen molar-refractivity contribution in [3.63, 3.8) is 0 Å². The summed E-state index contributed by atoms with van der Waals surface area (Å²) < 4.78 is 0. The van der Waals surface area contributed by atoms with Gasteiger partial charge in [-0.15, -0.1) is 0 Å². The number of hydrogen-bond acceptors (Lipinski definition) is 3. The first kappa shape index (κ1) is 14.0. The third kappa shape index (κ3) is 2.77. The molecule has 6 heteroatoms. The molecule has 1 heterocycles. The lowest BCUT2D eigenvalue weighted by Crippen LogP contribution is -2.52. The summed E-state index contributed by atoms with van der Waals surface area (Å²) in [5.74, 6) is -1.83. The lowest BCUT2D eigenvalue weighted by molar-refractivity contribution is -0.143. The number of H-pyrrole nitrogens is 1. The van der Waals surface area contributed by atoms with E-state index in [1.807, 2.05) is 0 Å². The molecular formula is C12H16N2O4. The number of amides is 1. The van der Waals surface area contributed by atoms with Crippen LogP contribution in [0.5, 0.6) is 0 Å². The van der Waals surface area contributed by atoms with Gasteiger partial charge in [0.05, 0.1) is 0 Å². The van der Waals surface area contributed by atoms with Crippen molar-refractivity contribution in [2.75, 3.05) is 0 Å². The molecule has 0 aliphatic rings. The van der Waals surface area contributed by atoms with E-state index in [1.54, 1.807) is 13.8 Å². The highest BCUT2D eigenvalue weighted by atomic mass is 16.4. The summed E-state index contributed by atoms with van der Waals surface area (Å²) in [5.41, 5.74) is -1.28. The van der Waals surface area contributed by atoms with Crippen LogP contribution in [0.3, 0.4) is 0 Å². The summed E-state index contributed by atoms with van der Waals surface area (Å²) in [6, 6.07) is 1.29. The molecule has 0 saturated heterocycles. The molecule has 0 aliphatic carbocycles. The molecule has 1 amide bonds. The zero-order chi connectivity index (χ0) is 13.9.